The Balaban J connectivity index is 1.62. The van der Waals surface area contributed by atoms with Crippen molar-refractivity contribution in [2.75, 3.05) is 23.8 Å². The van der Waals surface area contributed by atoms with Crippen LogP contribution >= 0.6 is 11.3 Å². The fourth-order valence-electron chi connectivity index (χ4n) is 2.59. The largest absolute Gasteiger partial charge is 0.489 e. The fraction of sp³-hybridized carbons (Fsp3) is 0.389. The zero-order valence-corrected chi connectivity index (χ0v) is 15.3. The Morgan fingerprint density at radius 3 is 2.92 bits per heavy atom. The molecule has 2 heterocycles. The molecule has 0 aliphatic carbocycles. The van der Waals surface area contributed by atoms with Gasteiger partial charge in [-0.2, -0.15) is 0 Å². The van der Waals surface area contributed by atoms with Crippen LogP contribution in [0.2, 0.25) is 0 Å². The van der Waals surface area contributed by atoms with Crippen LogP contribution in [0.5, 0.6) is 5.75 Å². The topological polar surface area (TPSA) is 89.6 Å². The van der Waals surface area contributed by atoms with Crippen LogP contribution < -0.4 is 15.4 Å². The first-order valence-corrected chi connectivity index (χ1v) is 9.37. The van der Waals surface area contributed by atoms with Gasteiger partial charge in [-0.15, -0.1) is 11.3 Å². The zero-order chi connectivity index (χ0) is 18.4. The highest BCUT2D eigenvalue weighted by atomic mass is 32.1. The maximum absolute atomic E-state index is 12.4. The van der Waals surface area contributed by atoms with Crippen LogP contribution in [-0.4, -0.2) is 36.1 Å². The lowest BCUT2D eigenvalue weighted by Gasteiger charge is -2.23. The molecule has 0 spiro atoms. The second-order valence-corrected chi connectivity index (χ2v) is 6.83. The van der Waals surface area contributed by atoms with Crippen LogP contribution in [-0.2, 0) is 9.53 Å². The predicted molar refractivity (Wildman–Crippen MR) is 99.9 cm³/mol. The summed E-state index contributed by atoms with van der Waals surface area (Å²) in [5.41, 5.74) is 0.812. The van der Waals surface area contributed by atoms with Crippen LogP contribution in [0.25, 0.3) is 0 Å². The van der Waals surface area contributed by atoms with Crippen LogP contribution in [0, 0.1) is 0 Å². The van der Waals surface area contributed by atoms with Gasteiger partial charge >= 0.3 is 0 Å². The lowest BCUT2D eigenvalue weighted by atomic mass is 10.1. The van der Waals surface area contributed by atoms with Crippen LogP contribution in [0.15, 0.2) is 29.6 Å². The molecule has 1 aromatic carbocycles. The summed E-state index contributed by atoms with van der Waals surface area (Å²) in [5, 5.41) is 7.36. The number of carbonyl (C=O) groups excluding carboxylic acids is 2. The third kappa shape index (κ3) is 5.03. The smallest absolute Gasteiger partial charge is 0.275 e. The molecule has 2 aromatic rings. The van der Waals surface area contributed by atoms with Gasteiger partial charge in [-0.05, 0) is 31.4 Å². The molecule has 26 heavy (non-hydrogen) atoms. The quantitative estimate of drug-likeness (QED) is 0.809. The number of thiazole rings is 1. The molecule has 3 rings (SSSR count). The molecule has 1 fully saturated rings. The number of benzene rings is 1. The number of aromatic nitrogens is 1. The van der Waals surface area contributed by atoms with Gasteiger partial charge in [0.05, 0.1) is 11.8 Å². The van der Waals surface area contributed by atoms with E-state index in [-0.39, 0.29) is 23.6 Å². The van der Waals surface area contributed by atoms with E-state index in [1.54, 1.807) is 11.4 Å². The van der Waals surface area contributed by atoms with Crippen LogP contribution in [0.1, 0.15) is 36.7 Å². The number of hydrogen-bond acceptors (Lipinski definition) is 6. The number of rotatable bonds is 6. The van der Waals surface area contributed by atoms with Gasteiger partial charge in [0.25, 0.3) is 5.91 Å². The molecular formula is C18H21N3O4S. The first-order valence-electron chi connectivity index (χ1n) is 8.49. The molecular weight excluding hydrogens is 354 g/mol. The lowest BCUT2D eigenvalue weighted by Crippen LogP contribution is -2.26. The number of ether oxygens (including phenoxy) is 2. The Hall–Kier alpha value is -2.45. The van der Waals surface area contributed by atoms with Gasteiger partial charge in [-0.25, -0.2) is 4.98 Å². The lowest BCUT2D eigenvalue weighted by molar-refractivity contribution is -0.114. The molecule has 7 nitrogen and oxygen atoms in total. The van der Waals surface area contributed by atoms with Gasteiger partial charge in [0.15, 0.2) is 5.13 Å². The average molecular weight is 375 g/mol. The van der Waals surface area contributed by atoms with Gasteiger partial charge in [0, 0.05) is 18.9 Å². The molecule has 1 aliphatic rings. The van der Waals surface area contributed by atoms with E-state index in [2.05, 4.69) is 15.6 Å². The third-order valence-corrected chi connectivity index (χ3v) is 4.61. The summed E-state index contributed by atoms with van der Waals surface area (Å²) >= 11 is 1.20. The molecule has 0 unspecified atom stereocenters. The van der Waals surface area contributed by atoms with Gasteiger partial charge in [-0.1, -0.05) is 12.1 Å². The Morgan fingerprint density at radius 1 is 1.31 bits per heavy atom. The molecule has 0 bridgehead atoms. The van der Waals surface area contributed by atoms with Crippen molar-refractivity contribution < 1.29 is 19.1 Å². The molecule has 138 valence electrons. The molecule has 2 amide bonds. The van der Waals surface area contributed by atoms with Crippen molar-refractivity contribution in [1.29, 1.82) is 0 Å². The number of anilines is 2. The van der Waals surface area contributed by atoms with E-state index in [0.29, 0.717) is 23.2 Å². The minimum atomic E-state index is -0.359. The number of carbonyl (C=O) groups is 2. The first-order chi connectivity index (χ1) is 12.6. The zero-order valence-electron chi connectivity index (χ0n) is 14.5. The summed E-state index contributed by atoms with van der Waals surface area (Å²) in [5.74, 6) is 0.00476. The van der Waals surface area contributed by atoms with E-state index in [0.717, 1.165) is 25.9 Å². The maximum Gasteiger partial charge on any atom is 0.275 e. The van der Waals surface area contributed by atoms with E-state index in [9.17, 15) is 9.59 Å². The highest BCUT2D eigenvalue weighted by molar-refractivity contribution is 7.14. The molecule has 0 radical (unpaired) electrons. The van der Waals surface area contributed by atoms with Crippen molar-refractivity contribution in [3.8, 4) is 5.75 Å². The number of nitrogens with one attached hydrogen (secondary N) is 2. The van der Waals surface area contributed by atoms with Gasteiger partial charge in [0.1, 0.15) is 18.1 Å². The van der Waals surface area contributed by atoms with E-state index in [4.69, 9.17) is 9.47 Å². The number of amides is 2. The summed E-state index contributed by atoms with van der Waals surface area (Å²) in [7, 11) is 0. The average Bonchev–Trinajstić information content (AvgIpc) is 3.10. The van der Waals surface area contributed by atoms with Crippen molar-refractivity contribution in [2.24, 2.45) is 0 Å². The van der Waals surface area contributed by atoms with Crippen molar-refractivity contribution in [3.05, 3.63) is 35.3 Å². The van der Waals surface area contributed by atoms with E-state index < -0.39 is 0 Å². The minimum Gasteiger partial charge on any atom is -0.489 e. The van der Waals surface area contributed by atoms with Gasteiger partial charge in [0.2, 0.25) is 5.91 Å². The monoisotopic (exact) mass is 375 g/mol. The predicted octanol–water partition coefficient (Wildman–Crippen LogP) is 3.30. The second-order valence-electron chi connectivity index (χ2n) is 5.97. The number of hydrogen-bond donors (Lipinski definition) is 2. The summed E-state index contributed by atoms with van der Waals surface area (Å²) in [6.07, 6.45) is 3.31. The molecule has 1 atom stereocenters. The fourth-order valence-corrected chi connectivity index (χ4v) is 3.33. The summed E-state index contributed by atoms with van der Waals surface area (Å²) in [4.78, 5) is 27.6. The SMILES string of the molecule is CC(=O)Nc1nc(C(=O)Nc2ccccc2OC[C@@H]2CCCCO2)cs1. The van der Waals surface area contributed by atoms with E-state index in [1.807, 2.05) is 18.2 Å². The Bertz CT molecular complexity index is 771. The van der Waals surface area contributed by atoms with Crippen molar-refractivity contribution >= 4 is 34.0 Å². The van der Waals surface area contributed by atoms with Crippen LogP contribution in [0.4, 0.5) is 10.8 Å². The molecule has 1 aliphatic heterocycles. The molecule has 8 heteroatoms. The molecule has 0 saturated carbocycles. The second kappa shape index (κ2) is 8.77. The van der Waals surface area contributed by atoms with E-state index in [1.165, 1.54) is 18.3 Å². The number of nitrogens with zero attached hydrogens (tertiary/aromatic N) is 1. The van der Waals surface area contributed by atoms with E-state index >= 15 is 0 Å². The summed E-state index contributed by atoms with van der Waals surface area (Å²) < 4.78 is 11.5. The molecule has 1 aromatic heterocycles. The highest BCUT2D eigenvalue weighted by Gasteiger charge is 2.17. The number of para-hydroxylation sites is 2. The van der Waals surface area contributed by atoms with Gasteiger partial charge < -0.3 is 20.1 Å². The normalized spacial score (nSPS) is 16.7. The van der Waals surface area contributed by atoms with Crippen LogP contribution in [0.3, 0.4) is 0 Å². The third-order valence-electron chi connectivity index (χ3n) is 3.85. The summed E-state index contributed by atoms with van der Waals surface area (Å²) in [6.45, 7) is 2.62. The molecule has 1 saturated heterocycles. The molecule has 2 N–H and O–H groups in total. The Labute approximate surface area is 155 Å². The highest BCUT2D eigenvalue weighted by Crippen LogP contribution is 2.26. The Morgan fingerprint density at radius 2 is 2.15 bits per heavy atom. The first kappa shape index (κ1) is 18.3. The van der Waals surface area contributed by atoms with Crippen molar-refractivity contribution in [3.63, 3.8) is 0 Å². The standard InChI is InChI=1S/C18H21N3O4S/c1-12(22)19-18-21-15(11-26-18)17(23)20-14-7-2-3-8-16(14)25-10-13-6-4-5-9-24-13/h2-3,7-8,11,13H,4-6,9-10H2,1H3,(H,20,23)(H,19,21,22)/t13-/m0/s1. The Kier molecular flexibility index (Phi) is 6.19. The van der Waals surface area contributed by atoms with Gasteiger partial charge in [-0.3, -0.25) is 9.59 Å². The van der Waals surface area contributed by atoms with Crippen molar-refractivity contribution in [1.82, 2.24) is 4.98 Å². The minimum absolute atomic E-state index is 0.0891. The van der Waals surface area contributed by atoms with Crippen molar-refractivity contribution in [2.45, 2.75) is 32.3 Å². The summed E-state index contributed by atoms with van der Waals surface area (Å²) in [6, 6.07) is 7.26. The maximum atomic E-state index is 12.4.